The summed E-state index contributed by atoms with van der Waals surface area (Å²) in [5.41, 5.74) is 0. The zero-order chi connectivity index (χ0) is 13.5. The molecule has 6 rings (SSSR count). The van der Waals surface area contributed by atoms with Gasteiger partial charge in [0, 0.05) is 12.8 Å². The van der Waals surface area contributed by atoms with Crippen molar-refractivity contribution >= 4 is 0 Å². The summed E-state index contributed by atoms with van der Waals surface area (Å²) >= 11 is 0. The standard InChI is InChI=1S/C18H34N2/c1(9-19-11-3-17(4-12-19)5-13-19)2-10-20-14-6-18(7-15-20)8-16-20/h17-18H,1-16H2/q+2. The Hall–Kier alpha value is -0.0800. The summed E-state index contributed by atoms with van der Waals surface area (Å²) in [6.45, 7) is 12.1. The van der Waals surface area contributed by atoms with Crippen molar-refractivity contribution < 1.29 is 8.97 Å². The topological polar surface area (TPSA) is 0 Å². The lowest BCUT2D eigenvalue weighted by Gasteiger charge is -2.50. The summed E-state index contributed by atoms with van der Waals surface area (Å²) in [5, 5.41) is 0. The van der Waals surface area contributed by atoms with E-state index >= 15 is 0 Å². The fraction of sp³-hybridized carbons (Fsp3) is 1.00. The number of nitrogens with zero attached hydrogens (tertiary/aromatic N) is 2. The third-order valence-electron chi connectivity index (χ3n) is 7.59. The average Bonchev–Trinajstić information content (AvgIpc) is 2.55. The van der Waals surface area contributed by atoms with E-state index in [2.05, 4.69) is 0 Å². The third-order valence-corrected chi connectivity index (χ3v) is 7.59. The van der Waals surface area contributed by atoms with Crippen molar-refractivity contribution in [3.63, 3.8) is 0 Å². The zero-order valence-electron chi connectivity index (χ0n) is 13.4. The van der Waals surface area contributed by atoms with Gasteiger partial charge in [0.1, 0.15) is 0 Å². The summed E-state index contributed by atoms with van der Waals surface area (Å²) in [4.78, 5) is 0. The van der Waals surface area contributed by atoms with Gasteiger partial charge >= 0.3 is 0 Å². The number of piperidine rings is 6. The van der Waals surface area contributed by atoms with Gasteiger partial charge in [0.2, 0.25) is 0 Å². The number of quaternary nitrogens is 2. The number of hydrogen-bond acceptors (Lipinski definition) is 0. The molecule has 0 N–H and O–H groups in total. The Morgan fingerprint density at radius 1 is 0.500 bits per heavy atom. The van der Waals surface area contributed by atoms with Crippen LogP contribution < -0.4 is 0 Å². The van der Waals surface area contributed by atoms with E-state index in [9.17, 15) is 0 Å². The maximum Gasteiger partial charge on any atom is 0.0789 e. The van der Waals surface area contributed by atoms with Gasteiger partial charge in [-0.05, 0) is 50.4 Å². The van der Waals surface area contributed by atoms with Gasteiger partial charge < -0.3 is 8.97 Å². The molecular formula is C18H34N2+2. The molecule has 0 saturated carbocycles. The minimum absolute atomic E-state index is 1.11. The molecule has 0 aromatic carbocycles. The van der Waals surface area contributed by atoms with Crippen LogP contribution >= 0.6 is 0 Å². The maximum absolute atomic E-state index is 1.54. The van der Waals surface area contributed by atoms with Crippen LogP contribution in [0.4, 0.5) is 0 Å². The molecule has 0 spiro atoms. The smallest absolute Gasteiger partial charge is 0.0789 e. The number of rotatable bonds is 5. The lowest BCUT2D eigenvalue weighted by atomic mass is 9.85. The summed E-state index contributed by atoms with van der Waals surface area (Å²) in [6, 6.07) is 0. The predicted molar refractivity (Wildman–Crippen MR) is 83.4 cm³/mol. The second-order valence-electron chi connectivity index (χ2n) is 8.64. The summed E-state index contributed by atoms with van der Waals surface area (Å²) in [6.07, 6.45) is 12.3. The minimum Gasteiger partial charge on any atom is -0.324 e. The maximum atomic E-state index is 1.54. The van der Waals surface area contributed by atoms with Crippen LogP contribution in [0.3, 0.4) is 0 Å². The van der Waals surface area contributed by atoms with Gasteiger partial charge in [0.25, 0.3) is 0 Å². The monoisotopic (exact) mass is 278 g/mol. The second-order valence-corrected chi connectivity index (χ2v) is 8.64. The molecule has 4 bridgehead atoms. The van der Waals surface area contributed by atoms with E-state index in [1.165, 1.54) is 74.2 Å². The van der Waals surface area contributed by atoms with Crippen molar-refractivity contribution in [3.8, 4) is 0 Å². The largest absolute Gasteiger partial charge is 0.324 e. The normalized spacial score (nSPS) is 46.8. The van der Waals surface area contributed by atoms with Crippen LogP contribution in [0.25, 0.3) is 0 Å². The molecule has 0 radical (unpaired) electrons. The number of fused-ring (bicyclic) bond motifs is 6. The van der Waals surface area contributed by atoms with Gasteiger partial charge in [-0.25, -0.2) is 0 Å². The quantitative estimate of drug-likeness (QED) is 0.536. The lowest BCUT2D eigenvalue weighted by molar-refractivity contribution is -0.948. The van der Waals surface area contributed by atoms with E-state index in [0.29, 0.717) is 0 Å². The molecule has 6 aliphatic heterocycles. The highest BCUT2D eigenvalue weighted by molar-refractivity contribution is 4.73. The van der Waals surface area contributed by atoms with Crippen molar-refractivity contribution in [2.45, 2.75) is 51.4 Å². The SMILES string of the molecule is C(CC[N+]12CCC(CC1)CC2)C[N+]12CCC(CC1)CC2. The van der Waals surface area contributed by atoms with E-state index in [1.54, 1.807) is 38.5 Å². The van der Waals surface area contributed by atoms with E-state index in [4.69, 9.17) is 0 Å². The summed E-state index contributed by atoms with van der Waals surface area (Å²) in [7, 11) is 0. The van der Waals surface area contributed by atoms with Crippen molar-refractivity contribution in [2.75, 3.05) is 52.4 Å². The summed E-state index contributed by atoms with van der Waals surface area (Å²) < 4.78 is 3.02. The molecule has 2 nitrogen and oxygen atoms in total. The van der Waals surface area contributed by atoms with Crippen LogP contribution in [0.15, 0.2) is 0 Å². The van der Waals surface area contributed by atoms with Gasteiger partial charge in [-0.3, -0.25) is 0 Å². The average molecular weight is 278 g/mol. The molecule has 114 valence electrons. The van der Waals surface area contributed by atoms with E-state index in [-0.39, 0.29) is 0 Å². The van der Waals surface area contributed by atoms with Crippen molar-refractivity contribution in [2.24, 2.45) is 11.8 Å². The molecule has 6 heterocycles. The highest BCUT2D eigenvalue weighted by atomic mass is 15.4. The second kappa shape index (κ2) is 5.28. The molecule has 0 unspecified atom stereocenters. The molecule has 0 aromatic heterocycles. The Morgan fingerprint density at radius 2 is 0.800 bits per heavy atom. The molecule has 0 atom stereocenters. The first kappa shape index (κ1) is 13.6. The van der Waals surface area contributed by atoms with Gasteiger partial charge in [0.15, 0.2) is 0 Å². The molecule has 0 aromatic rings. The molecule has 2 heteroatoms. The molecule has 6 aliphatic rings. The van der Waals surface area contributed by atoms with Crippen molar-refractivity contribution in [1.29, 1.82) is 0 Å². The fourth-order valence-electron chi connectivity index (χ4n) is 5.84. The minimum atomic E-state index is 1.11. The van der Waals surface area contributed by atoms with Crippen LogP contribution in [0.2, 0.25) is 0 Å². The van der Waals surface area contributed by atoms with E-state index in [1.807, 2.05) is 0 Å². The molecular weight excluding hydrogens is 244 g/mol. The highest BCUT2D eigenvalue weighted by Gasteiger charge is 2.41. The van der Waals surface area contributed by atoms with Crippen molar-refractivity contribution in [3.05, 3.63) is 0 Å². The van der Waals surface area contributed by atoms with E-state index in [0.717, 1.165) is 11.8 Å². The van der Waals surface area contributed by atoms with Crippen LogP contribution in [-0.4, -0.2) is 61.3 Å². The predicted octanol–water partition coefficient (Wildman–Crippen LogP) is 3.03. The Morgan fingerprint density at radius 3 is 1.10 bits per heavy atom. The number of hydrogen-bond donors (Lipinski definition) is 0. The Bertz CT molecular complexity index is 274. The van der Waals surface area contributed by atoms with E-state index < -0.39 is 0 Å². The zero-order valence-corrected chi connectivity index (χ0v) is 13.4. The first-order valence-corrected chi connectivity index (χ1v) is 9.48. The van der Waals surface area contributed by atoms with Crippen LogP contribution in [0.1, 0.15) is 51.4 Å². The Balaban J connectivity index is 1.23. The molecule has 0 aliphatic carbocycles. The third kappa shape index (κ3) is 2.54. The van der Waals surface area contributed by atoms with Crippen LogP contribution in [0, 0.1) is 11.8 Å². The first-order valence-electron chi connectivity index (χ1n) is 9.48. The molecule has 6 saturated heterocycles. The van der Waals surface area contributed by atoms with Crippen LogP contribution in [0.5, 0.6) is 0 Å². The fourth-order valence-corrected chi connectivity index (χ4v) is 5.84. The molecule has 0 amide bonds. The Kier molecular flexibility index (Phi) is 3.58. The first-order chi connectivity index (χ1) is 9.78. The number of unbranched alkanes of at least 4 members (excludes halogenated alkanes) is 1. The van der Waals surface area contributed by atoms with Crippen molar-refractivity contribution in [1.82, 2.24) is 0 Å². The molecule has 6 fully saturated rings. The molecule has 20 heavy (non-hydrogen) atoms. The Labute approximate surface area is 125 Å². The van der Waals surface area contributed by atoms with Gasteiger partial charge in [-0.15, -0.1) is 0 Å². The van der Waals surface area contributed by atoms with Gasteiger partial charge in [-0.1, -0.05) is 0 Å². The van der Waals surface area contributed by atoms with Gasteiger partial charge in [0.05, 0.1) is 52.4 Å². The van der Waals surface area contributed by atoms with Crippen LogP contribution in [-0.2, 0) is 0 Å². The van der Waals surface area contributed by atoms with Gasteiger partial charge in [-0.2, -0.15) is 0 Å². The highest BCUT2D eigenvalue weighted by Crippen LogP contribution is 2.35. The summed E-state index contributed by atoms with van der Waals surface area (Å²) in [5.74, 6) is 2.23. The lowest BCUT2D eigenvalue weighted by Crippen LogP contribution is -2.59.